The summed E-state index contributed by atoms with van der Waals surface area (Å²) >= 11 is 6.24. The zero-order chi connectivity index (χ0) is 16.2. The minimum absolute atomic E-state index is 0.115. The van der Waals surface area contributed by atoms with Gasteiger partial charge in [0.2, 0.25) is 5.88 Å². The number of morpholine rings is 1. The molecule has 1 aliphatic heterocycles. The zero-order valence-corrected chi connectivity index (χ0v) is 13.5. The molecule has 6 heteroatoms. The first-order valence-corrected chi connectivity index (χ1v) is 7.73. The fraction of sp³-hybridized carbons (Fsp3) is 0.294. The molecule has 0 bridgehead atoms. The molecule has 3 rings (SSSR count). The molecule has 0 spiro atoms. The fourth-order valence-electron chi connectivity index (χ4n) is 2.64. The Morgan fingerprint density at radius 3 is 2.96 bits per heavy atom. The molecule has 0 N–H and O–H groups in total. The maximum Gasteiger partial charge on any atom is 0.259 e. The Labute approximate surface area is 139 Å². The molecule has 23 heavy (non-hydrogen) atoms. The van der Waals surface area contributed by atoms with Gasteiger partial charge < -0.3 is 14.4 Å². The van der Waals surface area contributed by atoms with Gasteiger partial charge in [-0.15, -0.1) is 0 Å². The number of halogens is 1. The van der Waals surface area contributed by atoms with Crippen LogP contribution in [-0.2, 0) is 4.74 Å². The van der Waals surface area contributed by atoms with Crippen molar-refractivity contribution in [2.45, 2.75) is 6.10 Å². The Morgan fingerprint density at radius 2 is 2.17 bits per heavy atom. The summed E-state index contributed by atoms with van der Waals surface area (Å²) in [5.74, 6) is 0.216. The Hall–Kier alpha value is -2.11. The third-order valence-electron chi connectivity index (χ3n) is 3.80. The van der Waals surface area contributed by atoms with Crippen LogP contribution in [0.4, 0.5) is 0 Å². The molecule has 120 valence electrons. The van der Waals surface area contributed by atoms with Gasteiger partial charge in [0, 0.05) is 23.3 Å². The highest BCUT2D eigenvalue weighted by Crippen LogP contribution is 2.29. The SMILES string of the molecule is COc1ncccc1C(=O)N1CCO[C@H](c2ccccc2Cl)C1. The number of aromatic nitrogens is 1. The van der Waals surface area contributed by atoms with E-state index >= 15 is 0 Å². The second-order valence-corrected chi connectivity index (χ2v) is 5.60. The molecule has 1 amide bonds. The normalized spacial score (nSPS) is 17.8. The lowest BCUT2D eigenvalue weighted by molar-refractivity contribution is -0.0228. The number of carbonyl (C=O) groups excluding carboxylic acids is 1. The van der Waals surface area contributed by atoms with Crippen molar-refractivity contribution in [2.24, 2.45) is 0 Å². The number of rotatable bonds is 3. The quantitative estimate of drug-likeness (QED) is 0.867. The van der Waals surface area contributed by atoms with Gasteiger partial charge in [-0.25, -0.2) is 4.98 Å². The van der Waals surface area contributed by atoms with Gasteiger partial charge in [0.15, 0.2) is 0 Å². The predicted molar refractivity (Wildman–Crippen MR) is 86.8 cm³/mol. The third-order valence-corrected chi connectivity index (χ3v) is 4.14. The largest absolute Gasteiger partial charge is 0.480 e. The monoisotopic (exact) mass is 332 g/mol. The first-order chi connectivity index (χ1) is 11.2. The van der Waals surface area contributed by atoms with Gasteiger partial charge in [-0.2, -0.15) is 0 Å². The van der Waals surface area contributed by atoms with E-state index in [1.54, 1.807) is 23.2 Å². The molecule has 1 saturated heterocycles. The Morgan fingerprint density at radius 1 is 1.35 bits per heavy atom. The second-order valence-electron chi connectivity index (χ2n) is 5.19. The molecular weight excluding hydrogens is 316 g/mol. The first-order valence-electron chi connectivity index (χ1n) is 7.35. The van der Waals surface area contributed by atoms with Gasteiger partial charge in [0.05, 0.1) is 20.3 Å². The van der Waals surface area contributed by atoms with Crippen LogP contribution in [0.25, 0.3) is 0 Å². The average Bonchev–Trinajstić information content (AvgIpc) is 2.61. The van der Waals surface area contributed by atoms with Crippen molar-refractivity contribution < 1.29 is 14.3 Å². The number of hydrogen-bond donors (Lipinski definition) is 0. The molecule has 1 atom stereocenters. The van der Waals surface area contributed by atoms with Crippen LogP contribution in [-0.4, -0.2) is 42.6 Å². The van der Waals surface area contributed by atoms with Crippen molar-refractivity contribution >= 4 is 17.5 Å². The maximum atomic E-state index is 12.8. The molecule has 1 aromatic heterocycles. The van der Waals surface area contributed by atoms with Crippen molar-refractivity contribution in [1.82, 2.24) is 9.88 Å². The van der Waals surface area contributed by atoms with E-state index in [0.29, 0.717) is 36.2 Å². The van der Waals surface area contributed by atoms with E-state index in [1.165, 1.54) is 7.11 Å². The number of hydrogen-bond acceptors (Lipinski definition) is 4. The number of pyridine rings is 1. The highest BCUT2D eigenvalue weighted by atomic mass is 35.5. The average molecular weight is 333 g/mol. The van der Waals surface area contributed by atoms with E-state index in [0.717, 1.165) is 5.56 Å². The number of ether oxygens (including phenoxy) is 2. The summed E-state index contributed by atoms with van der Waals surface area (Å²) < 4.78 is 11.0. The van der Waals surface area contributed by atoms with Crippen molar-refractivity contribution in [3.8, 4) is 5.88 Å². The van der Waals surface area contributed by atoms with E-state index in [9.17, 15) is 4.79 Å². The molecular formula is C17H17ClN2O3. The lowest BCUT2D eigenvalue weighted by Crippen LogP contribution is -2.42. The first kappa shape index (κ1) is 15.8. The van der Waals surface area contributed by atoms with E-state index < -0.39 is 0 Å². The van der Waals surface area contributed by atoms with Crippen LogP contribution in [0, 0.1) is 0 Å². The maximum absolute atomic E-state index is 12.8. The van der Waals surface area contributed by atoms with Crippen LogP contribution < -0.4 is 4.74 Å². The molecule has 0 aliphatic carbocycles. The molecule has 0 radical (unpaired) electrons. The van der Waals surface area contributed by atoms with Crippen LogP contribution in [0.2, 0.25) is 5.02 Å². The standard InChI is InChI=1S/C17H17ClN2O3/c1-22-16-13(6-4-8-19-16)17(21)20-9-10-23-15(11-20)12-5-2-3-7-14(12)18/h2-8,15H,9-11H2,1H3/t15-/m0/s1. The third kappa shape index (κ3) is 3.30. The van der Waals surface area contributed by atoms with Crippen LogP contribution in [0.15, 0.2) is 42.6 Å². The molecule has 5 nitrogen and oxygen atoms in total. The Bertz CT molecular complexity index is 708. The minimum atomic E-state index is -0.232. The van der Waals surface area contributed by atoms with Gasteiger partial charge >= 0.3 is 0 Å². The summed E-state index contributed by atoms with van der Waals surface area (Å²) in [4.78, 5) is 18.6. The molecule has 0 unspecified atom stereocenters. The van der Waals surface area contributed by atoms with Gasteiger partial charge in [-0.3, -0.25) is 4.79 Å². The fourth-order valence-corrected chi connectivity index (χ4v) is 2.90. The molecule has 1 aromatic carbocycles. The van der Waals surface area contributed by atoms with Crippen molar-refractivity contribution in [3.05, 3.63) is 58.7 Å². The highest BCUT2D eigenvalue weighted by molar-refractivity contribution is 6.31. The molecule has 1 aliphatic rings. The molecule has 1 fully saturated rings. The number of carbonyl (C=O) groups is 1. The van der Waals surface area contributed by atoms with Crippen LogP contribution in [0.1, 0.15) is 22.0 Å². The van der Waals surface area contributed by atoms with Gasteiger partial charge in [-0.05, 0) is 18.2 Å². The summed E-state index contributed by atoms with van der Waals surface area (Å²) in [7, 11) is 1.50. The van der Waals surface area contributed by atoms with Gasteiger partial charge in [0.25, 0.3) is 5.91 Å². The van der Waals surface area contributed by atoms with Crippen molar-refractivity contribution in [1.29, 1.82) is 0 Å². The molecule has 2 heterocycles. The van der Waals surface area contributed by atoms with Crippen molar-refractivity contribution in [3.63, 3.8) is 0 Å². The van der Waals surface area contributed by atoms with E-state index in [-0.39, 0.29) is 12.0 Å². The minimum Gasteiger partial charge on any atom is -0.480 e. The van der Waals surface area contributed by atoms with Gasteiger partial charge in [0.1, 0.15) is 11.7 Å². The van der Waals surface area contributed by atoms with Crippen LogP contribution in [0.3, 0.4) is 0 Å². The summed E-state index contributed by atoms with van der Waals surface area (Å²) in [6.07, 6.45) is 1.37. The molecule has 2 aromatic rings. The van der Waals surface area contributed by atoms with Crippen LogP contribution >= 0.6 is 11.6 Å². The van der Waals surface area contributed by atoms with Crippen LogP contribution in [0.5, 0.6) is 5.88 Å². The van der Waals surface area contributed by atoms with Gasteiger partial charge in [-0.1, -0.05) is 29.8 Å². The number of benzene rings is 1. The summed E-state index contributed by atoms with van der Waals surface area (Å²) in [5, 5.41) is 0.644. The topological polar surface area (TPSA) is 51.7 Å². The van der Waals surface area contributed by atoms with E-state index in [2.05, 4.69) is 4.98 Å². The summed E-state index contributed by atoms with van der Waals surface area (Å²) in [6, 6.07) is 11.0. The Balaban J connectivity index is 1.81. The molecule has 0 saturated carbocycles. The lowest BCUT2D eigenvalue weighted by atomic mass is 10.1. The summed E-state index contributed by atoms with van der Waals surface area (Å²) in [6.45, 7) is 1.43. The van der Waals surface area contributed by atoms with Crippen molar-refractivity contribution in [2.75, 3.05) is 26.8 Å². The van der Waals surface area contributed by atoms with E-state index in [4.69, 9.17) is 21.1 Å². The zero-order valence-electron chi connectivity index (χ0n) is 12.7. The predicted octanol–water partition coefficient (Wildman–Crippen LogP) is 2.96. The number of nitrogens with zero attached hydrogens (tertiary/aromatic N) is 2. The number of methoxy groups -OCH3 is 1. The smallest absolute Gasteiger partial charge is 0.259 e. The Kier molecular flexibility index (Phi) is 4.79. The van der Waals surface area contributed by atoms with E-state index in [1.807, 2.05) is 24.3 Å². The summed E-state index contributed by atoms with van der Waals surface area (Å²) in [5.41, 5.74) is 1.35. The lowest BCUT2D eigenvalue weighted by Gasteiger charge is -2.33. The highest BCUT2D eigenvalue weighted by Gasteiger charge is 2.28. The number of amides is 1. The second kappa shape index (κ2) is 6.98.